The smallest absolute Gasteiger partial charge is 0.242 e. The number of rotatable bonds is 9. The highest BCUT2D eigenvalue weighted by molar-refractivity contribution is 7.89. The Morgan fingerprint density at radius 1 is 1.48 bits per heavy atom. The van der Waals surface area contributed by atoms with Gasteiger partial charge in [0, 0.05) is 44.2 Å². The third-order valence-electron chi connectivity index (χ3n) is 3.47. The van der Waals surface area contributed by atoms with Gasteiger partial charge in [0.25, 0.3) is 0 Å². The maximum Gasteiger partial charge on any atom is 0.242 e. The fourth-order valence-electron chi connectivity index (χ4n) is 2.10. The van der Waals surface area contributed by atoms with E-state index in [1.807, 2.05) is 18.5 Å². The first-order valence-electron chi connectivity index (χ1n) is 7.41. The van der Waals surface area contributed by atoms with Gasteiger partial charge in [-0.3, -0.25) is 0 Å². The van der Waals surface area contributed by atoms with E-state index in [-0.39, 0.29) is 6.04 Å². The summed E-state index contributed by atoms with van der Waals surface area (Å²) >= 11 is 0. The molecule has 2 rings (SSSR count). The lowest BCUT2D eigenvalue weighted by atomic mass is 10.4. The van der Waals surface area contributed by atoms with Gasteiger partial charge in [-0.1, -0.05) is 0 Å². The monoisotopic (exact) mass is 315 g/mol. The zero-order valence-electron chi connectivity index (χ0n) is 12.9. The van der Waals surface area contributed by atoms with Crippen molar-refractivity contribution in [3.63, 3.8) is 0 Å². The summed E-state index contributed by atoms with van der Waals surface area (Å²) in [6.07, 6.45) is 4.08. The van der Waals surface area contributed by atoms with Crippen molar-refractivity contribution in [2.45, 2.75) is 50.2 Å². The van der Waals surface area contributed by atoms with Crippen LogP contribution in [-0.2, 0) is 28.4 Å². The molecule has 1 atom stereocenters. The summed E-state index contributed by atoms with van der Waals surface area (Å²) in [6, 6.07) is 2.08. The molecule has 0 bridgehead atoms. The van der Waals surface area contributed by atoms with Crippen molar-refractivity contribution in [2.75, 3.05) is 13.2 Å². The first-order chi connectivity index (χ1) is 9.92. The first-order valence-corrected chi connectivity index (χ1v) is 8.89. The van der Waals surface area contributed by atoms with Gasteiger partial charge in [0.15, 0.2) is 0 Å². The van der Waals surface area contributed by atoms with E-state index < -0.39 is 10.0 Å². The minimum Gasteiger partial charge on any atom is -0.380 e. The molecule has 120 valence electrons. The van der Waals surface area contributed by atoms with Gasteiger partial charge < -0.3 is 14.6 Å². The van der Waals surface area contributed by atoms with E-state index in [2.05, 4.69) is 10.0 Å². The molecule has 1 fully saturated rings. The SMILES string of the molecule is CCOCC(C)NS(=O)(=O)c1cc(CNC2CC2)n(C)c1. The molecule has 6 nitrogen and oxygen atoms in total. The maximum absolute atomic E-state index is 12.3. The van der Waals surface area contributed by atoms with Crippen LogP contribution >= 0.6 is 0 Å². The molecule has 0 radical (unpaired) electrons. The molecule has 1 aromatic heterocycles. The van der Waals surface area contributed by atoms with E-state index in [1.54, 1.807) is 19.2 Å². The largest absolute Gasteiger partial charge is 0.380 e. The van der Waals surface area contributed by atoms with Gasteiger partial charge in [-0.05, 0) is 32.8 Å². The number of nitrogens with one attached hydrogen (secondary N) is 2. The number of nitrogens with zero attached hydrogens (tertiary/aromatic N) is 1. The predicted octanol–water partition coefficient (Wildman–Crippen LogP) is 0.980. The van der Waals surface area contributed by atoms with Gasteiger partial charge in [0.1, 0.15) is 0 Å². The second kappa shape index (κ2) is 6.91. The summed E-state index contributed by atoms with van der Waals surface area (Å²) in [5.41, 5.74) is 0.972. The molecule has 1 aromatic rings. The summed E-state index contributed by atoms with van der Waals surface area (Å²) in [6.45, 7) is 5.33. The minimum absolute atomic E-state index is 0.247. The normalized spacial score (nSPS) is 17.1. The lowest BCUT2D eigenvalue weighted by Gasteiger charge is -2.13. The standard InChI is InChI=1S/C14H25N3O3S/c1-4-20-10-11(2)16-21(18,19)14-7-13(17(3)9-14)8-15-12-5-6-12/h7,9,11-12,15-16H,4-6,8,10H2,1-3H3. The minimum atomic E-state index is -3.49. The number of aromatic nitrogens is 1. The summed E-state index contributed by atoms with van der Waals surface area (Å²) in [4.78, 5) is 0.306. The molecular weight excluding hydrogens is 290 g/mol. The number of ether oxygens (including phenoxy) is 1. The molecule has 1 heterocycles. The molecule has 0 aliphatic heterocycles. The van der Waals surface area contributed by atoms with Crippen LogP contribution in [0.5, 0.6) is 0 Å². The van der Waals surface area contributed by atoms with E-state index in [0.717, 1.165) is 5.69 Å². The Morgan fingerprint density at radius 3 is 2.81 bits per heavy atom. The Labute approximate surface area is 126 Å². The molecule has 1 saturated carbocycles. The predicted molar refractivity (Wildman–Crippen MR) is 81.6 cm³/mol. The van der Waals surface area contributed by atoms with Gasteiger partial charge in [-0.2, -0.15) is 0 Å². The quantitative estimate of drug-likeness (QED) is 0.712. The zero-order chi connectivity index (χ0) is 15.5. The van der Waals surface area contributed by atoms with Crippen molar-refractivity contribution in [3.8, 4) is 0 Å². The summed E-state index contributed by atoms with van der Waals surface area (Å²) in [5.74, 6) is 0. The number of hydrogen-bond donors (Lipinski definition) is 2. The molecular formula is C14H25N3O3S. The molecule has 1 aliphatic rings. The number of sulfonamides is 1. The molecule has 7 heteroatoms. The van der Waals surface area contributed by atoms with Gasteiger partial charge >= 0.3 is 0 Å². The van der Waals surface area contributed by atoms with Crippen molar-refractivity contribution in [1.29, 1.82) is 0 Å². The zero-order valence-corrected chi connectivity index (χ0v) is 13.7. The van der Waals surface area contributed by atoms with Crippen molar-refractivity contribution >= 4 is 10.0 Å². The van der Waals surface area contributed by atoms with Crippen LogP contribution in [0.25, 0.3) is 0 Å². The molecule has 0 spiro atoms. The van der Waals surface area contributed by atoms with Crippen LogP contribution < -0.4 is 10.0 Å². The van der Waals surface area contributed by atoms with E-state index in [9.17, 15) is 8.42 Å². The third kappa shape index (κ3) is 4.81. The highest BCUT2D eigenvalue weighted by Crippen LogP contribution is 2.20. The van der Waals surface area contributed by atoms with Gasteiger partial charge in [-0.15, -0.1) is 0 Å². The second-order valence-electron chi connectivity index (χ2n) is 5.62. The Bertz CT molecular complexity index is 564. The molecule has 2 N–H and O–H groups in total. The van der Waals surface area contributed by atoms with Crippen LogP contribution in [0.1, 0.15) is 32.4 Å². The summed E-state index contributed by atoms with van der Waals surface area (Å²) in [7, 11) is -1.63. The van der Waals surface area contributed by atoms with Crippen molar-refractivity contribution in [2.24, 2.45) is 7.05 Å². The second-order valence-corrected chi connectivity index (χ2v) is 7.33. The molecule has 0 aromatic carbocycles. The van der Waals surface area contributed by atoms with Crippen LogP contribution in [-0.4, -0.2) is 38.3 Å². The average molecular weight is 315 g/mol. The van der Waals surface area contributed by atoms with E-state index in [0.29, 0.717) is 30.7 Å². The van der Waals surface area contributed by atoms with E-state index >= 15 is 0 Å². The highest BCUT2D eigenvalue weighted by atomic mass is 32.2. The van der Waals surface area contributed by atoms with Crippen molar-refractivity contribution in [1.82, 2.24) is 14.6 Å². The average Bonchev–Trinajstić information content (AvgIpc) is 3.16. The fraction of sp³-hybridized carbons (Fsp3) is 0.714. The molecule has 21 heavy (non-hydrogen) atoms. The van der Waals surface area contributed by atoms with Crippen LogP contribution in [0, 0.1) is 0 Å². The van der Waals surface area contributed by atoms with Crippen LogP contribution in [0.15, 0.2) is 17.2 Å². The Kier molecular flexibility index (Phi) is 5.43. The van der Waals surface area contributed by atoms with Crippen LogP contribution in [0.2, 0.25) is 0 Å². The van der Waals surface area contributed by atoms with Crippen molar-refractivity contribution in [3.05, 3.63) is 18.0 Å². The lowest BCUT2D eigenvalue weighted by Crippen LogP contribution is -2.35. The topological polar surface area (TPSA) is 72.4 Å². The molecule has 1 unspecified atom stereocenters. The maximum atomic E-state index is 12.3. The van der Waals surface area contributed by atoms with Crippen LogP contribution in [0.3, 0.4) is 0 Å². The Hall–Kier alpha value is -0.890. The first kappa shape index (κ1) is 16.5. The van der Waals surface area contributed by atoms with Crippen molar-refractivity contribution < 1.29 is 13.2 Å². The molecule has 0 saturated heterocycles. The summed E-state index contributed by atoms with van der Waals surface area (Å²) in [5, 5.41) is 3.39. The number of hydrogen-bond acceptors (Lipinski definition) is 4. The van der Waals surface area contributed by atoms with Gasteiger partial charge in [0.2, 0.25) is 10.0 Å². The fourth-order valence-corrected chi connectivity index (χ4v) is 3.42. The van der Waals surface area contributed by atoms with E-state index in [1.165, 1.54) is 12.8 Å². The Balaban J connectivity index is 1.99. The van der Waals surface area contributed by atoms with E-state index in [4.69, 9.17) is 4.74 Å². The van der Waals surface area contributed by atoms with Gasteiger partial charge in [-0.25, -0.2) is 13.1 Å². The lowest BCUT2D eigenvalue weighted by molar-refractivity contribution is 0.133. The van der Waals surface area contributed by atoms with Gasteiger partial charge in [0.05, 0.1) is 11.5 Å². The highest BCUT2D eigenvalue weighted by Gasteiger charge is 2.23. The Morgan fingerprint density at radius 2 is 2.19 bits per heavy atom. The summed E-state index contributed by atoms with van der Waals surface area (Å²) < 4.78 is 34.4. The third-order valence-corrected chi connectivity index (χ3v) is 5.03. The number of aryl methyl sites for hydroxylation is 1. The molecule has 0 amide bonds. The molecule has 1 aliphatic carbocycles. The van der Waals surface area contributed by atoms with Crippen LogP contribution in [0.4, 0.5) is 0 Å².